The maximum Gasteiger partial charge on any atom is 0.201 e. The van der Waals surface area contributed by atoms with Crippen molar-refractivity contribution >= 4 is 5.78 Å². The van der Waals surface area contributed by atoms with Gasteiger partial charge in [-0.2, -0.15) is 0 Å². The van der Waals surface area contributed by atoms with E-state index >= 15 is 0 Å². The van der Waals surface area contributed by atoms with Crippen molar-refractivity contribution in [1.82, 2.24) is 20.1 Å². The first-order valence-electron chi connectivity index (χ1n) is 15.3. The molecule has 42 heavy (non-hydrogen) atoms. The van der Waals surface area contributed by atoms with E-state index in [2.05, 4.69) is 82.5 Å². The molecule has 0 radical (unpaired) electrons. The molecule has 0 bridgehead atoms. The smallest absolute Gasteiger partial charge is 0.201 e. The van der Waals surface area contributed by atoms with Crippen LogP contribution in [0.2, 0.25) is 0 Å². The molecule has 1 unspecified atom stereocenters. The minimum absolute atomic E-state index is 0.0617. The summed E-state index contributed by atoms with van der Waals surface area (Å²) in [4.78, 5) is 23.3. The number of benzene rings is 2. The number of pyridine rings is 1. The van der Waals surface area contributed by atoms with Gasteiger partial charge in [0.05, 0.1) is 23.9 Å². The number of piperazine rings is 1. The maximum absolute atomic E-state index is 14.0. The Morgan fingerprint density at radius 1 is 1.00 bits per heavy atom. The van der Waals surface area contributed by atoms with E-state index in [1.54, 1.807) is 6.20 Å². The van der Waals surface area contributed by atoms with Gasteiger partial charge >= 0.3 is 0 Å². The zero-order valence-corrected chi connectivity index (χ0v) is 25.4. The van der Waals surface area contributed by atoms with Gasteiger partial charge in [-0.15, -0.1) is 0 Å². The van der Waals surface area contributed by atoms with E-state index in [4.69, 9.17) is 9.47 Å². The van der Waals surface area contributed by atoms with Crippen LogP contribution in [-0.2, 0) is 22.6 Å². The summed E-state index contributed by atoms with van der Waals surface area (Å²) in [6.45, 7) is 10.7. The van der Waals surface area contributed by atoms with Crippen molar-refractivity contribution in [2.45, 2.75) is 63.5 Å². The standard InChI is InChI=1S/C35H46N4O3/c1-34(2)27-35(16-23-42-34,33(40)31-14-7-8-17-37-31)39-21-19-38(20-22-39)25-28-10-9-11-29(24-28)26-41-32(15-18-36-3)30-12-5-4-6-13-30/h4-14,17,24,32,36H,15-16,18-23,25-27H2,1-3H3/t32?,35-/m1/s1. The summed E-state index contributed by atoms with van der Waals surface area (Å²) >= 11 is 0. The van der Waals surface area contributed by atoms with Gasteiger partial charge in [-0.05, 0) is 69.1 Å². The molecule has 0 spiro atoms. The largest absolute Gasteiger partial charge is 0.375 e. The Hall–Kier alpha value is -2.94. The fraction of sp³-hybridized carbons (Fsp3) is 0.486. The molecule has 3 aromatic rings. The van der Waals surface area contributed by atoms with E-state index in [0.29, 0.717) is 31.7 Å². The number of rotatable bonds is 12. The summed E-state index contributed by atoms with van der Waals surface area (Å²) in [6.07, 6.45) is 4.08. The summed E-state index contributed by atoms with van der Waals surface area (Å²) in [5.41, 5.74) is 3.33. The number of nitrogens with zero attached hydrogens (tertiary/aromatic N) is 3. The summed E-state index contributed by atoms with van der Waals surface area (Å²) < 4.78 is 12.5. The third-order valence-electron chi connectivity index (χ3n) is 8.70. The monoisotopic (exact) mass is 570 g/mol. The van der Waals surface area contributed by atoms with Gasteiger partial charge in [0.2, 0.25) is 5.78 Å². The van der Waals surface area contributed by atoms with Gasteiger partial charge < -0.3 is 14.8 Å². The molecule has 2 atom stereocenters. The molecular formula is C35H46N4O3. The minimum atomic E-state index is -0.581. The molecule has 2 aliphatic rings. The average Bonchev–Trinajstić information content (AvgIpc) is 3.01. The highest BCUT2D eigenvalue weighted by Crippen LogP contribution is 2.39. The van der Waals surface area contributed by atoms with Crippen molar-refractivity contribution in [1.29, 1.82) is 0 Å². The summed E-state index contributed by atoms with van der Waals surface area (Å²) in [7, 11) is 1.98. The molecule has 1 N–H and O–H groups in total. The zero-order valence-electron chi connectivity index (χ0n) is 25.4. The first-order chi connectivity index (χ1) is 20.4. The lowest BCUT2D eigenvalue weighted by Crippen LogP contribution is -2.65. The molecule has 2 fully saturated rings. The average molecular weight is 571 g/mol. The van der Waals surface area contributed by atoms with Crippen molar-refractivity contribution in [2.24, 2.45) is 0 Å². The fourth-order valence-corrected chi connectivity index (χ4v) is 6.58. The molecule has 224 valence electrons. The quantitative estimate of drug-likeness (QED) is 0.297. The van der Waals surface area contributed by atoms with Crippen LogP contribution in [0.3, 0.4) is 0 Å². The van der Waals surface area contributed by atoms with Crippen LogP contribution in [0.25, 0.3) is 0 Å². The predicted octanol–water partition coefficient (Wildman–Crippen LogP) is 5.28. The van der Waals surface area contributed by atoms with Crippen LogP contribution in [0, 0.1) is 0 Å². The molecule has 2 aliphatic heterocycles. The van der Waals surface area contributed by atoms with Crippen molar-refractivity contribution < 1.29 is 14.3 Å². The Balaban J connectivity index is 1.21. The predicted molar refractivity (Wildman–Crippen MR) is 166 cm³/mol. The van der Waals surface area contributed by atoms with Gasteiger partial charge in [0.15, 0.2) is 0 Å². The van der Waals surface area contributed by atoms with Crippen molar-refractivity contribution in [2.75, 3.05) is 46.4 Å². The van der Waals surface area contributed by atoms with Crippen molar-refractivity contribution in [3.8, 4) is 0 Å². The van der Waals surface area contributed by atoms with E-state index in [1.807, 2.05) is 31.3 Å². The van der Waals surface area contributed by atoms with Gasteiger partial charge in [-0.1, -0.05) is 60.7 Å². The van der Waals surface area contributed by atoms with Crippen molar-refractivity contribution in [3.05, 3.63) is 101 Å². The first-order valence-corrected chi connectivity index (χ1v) is 15.3. The number of Topliss-reactive ketones (excluding diaryl/α,β-unsaturated/α-hetero) is 1. The summed E-state index contributed by atoms with van der Waals surface area (Å²) in [5.74, 6) is 0.129. The number of hydrogen-bond donors (Lipinski definition) is 1. The van der Waals surface area contributed by atoms with E-state index in [1.165, 1.54) is 16.7 Å². The van der Waals surface area contributed by atoms with Crippen LogP contribution in [0.5, 0.6) is 0 Å². The molecule has 0 amide bonds. The normalized spacial score (nSPS) is 22.1. The second-order valence-corrected chi connectivity index (χ2v) is 12.3. The lowest BCUT2D eigenvalue weighted by molar-refractivity contribution is -0.113. The number of ketones is 1. The Morgan fingerprint density at radius 2 is 1.76 bits per heavy atom. The van der Waals surface area contributed by atoms with Crippen LogP contribution < -0.4 is 5.32 Å². The molecule has 0 aliphatic carbocycles. The maximum atomic E-state index is 14.0. The Morgan fingerprint density at radius 3 is 2.48 bits per heavy atom. The number of hydrogen-bond acceptors (Lipinski definition) is 7. The second-order valence-electron chi connectivity index (χ2n) is 12.3. The third-order valence-corrected chi connectivity index (χ3v) is 8.70. The van der Waals surface area contributed by atoms with Crippen LogP contribution in [0.1, 0.15) is 66.4 Å². The third kappa shape index (κ3) is 7.52. The molecule has 7 nitrogen and oxygen atoms in total. The first kappa shape index (κ1) is 30.5. The molecule has 5 rings (SSSR count). The Bertz CT molecular complexity index is 1280. The highest BCUT2D eigenvalue weighted by atomic mass is 16.5. The zero-order chi connectivity index (χ0) is 29.4. The number of nitrogens with one attached hydrogen (secondary N) is 1. The van der Waals surface area contributed by atoms with Crippen LogP contribution >= 0.6 is 0 Å². The van der Waals surface area contributed by atoms with Crippen LogP contribution in [-0.4, -0.2) is 78.1 Å². The number of carbonyl (C=O) groups is 1. The number of ether oxygens (including phenoxy) is 2. The van der Waals surface area contributed by atoms with Crippen molar-refractivity contribution in [3.63, 3.8) is 0 Å². The molecular weight excluding hydrogens is 524 g/mol. The molecule has 7 heteroatoms. The van der Waals surface area contributed by atoms with E-state index in [-0.39, 0.29) is 17.5 Å². The van der Waals surface area contributed by atoms with Gasteiger partial charge in [0.1, 0.15) is 5.69 Å². The fourth-order valence-electron chi connectivity index (χ4n) is 6.58. The number of aromatic nitrogens is 1. The van der Waals surface area contributed by atoms with Gasteiger partial charge in [0.25, 0.3) is 0 Å². The van der Waals surface area contributed by atoms with Crippen LogP contribution in [0.15, 0.2) is 79.0 Å². The summed E-state index contributed by atoms with van der Waals surface area (Å²) in [5, 5.41) is 3.25. The van der Waals surface area contributed by atoms with Crippen LogP contribution in [0.4, 0.5) is 0 Å². The SMILES string of the molecule is CNCCC(OCc1cccc(CN2CCN([C@]3(C(=O)c4ccccn4)CCOC(C)(C)C3)CC2)c1)c1ccccc1. The summed E-state index contributed by atoms with van der Waals surface area (Å²) in [6, 6.07) is 24.9. The highest BCUT2D eigenvalue weighted by molar-refractivity contribution is 6.02. The Kier molecular flexibility index (Phi) is 10.2. The van der Waals surface area contributed by atoms with E-state index in [9.17, 15) is 4.79 Å². The molecule has 0 saturated carbocycles. The lowest BCUT2D eigenvalue weighted by atomic mass is 9.75. The Labute approximate surface area is 251 Å². The second kappa shape index (κ2) is 14.0. The molecule has 1 aromatic heterocycles. The highest BCUT2D eigenvalue weighted by Gasteiger charge is 2.51. The van der Waals surface area contributed by atoms with Gasteiger partial charge in [0, 0.05) is 51.9 Å². The topological polar surface area (TPSA) is 66.9 Å². The molecule has 2 aromatic carbocycles. The number of carbonyl (C=O) groups excluding carboxylic acids is 1. The van der Waals surface area contributed by atoms with E-state index < -0.39 is 5.54 Å². The van der Waals surface area contributed by atoms with Gasteiger partial charge in [-0.25, -0.2) is 0 Å². The minimum Gasteiger partial charge on any atom is -0.375 e. The molecule has 2 saturated heterocycles. The van der Waals surface area contributed by atoms with E-state index in [0.717, 1.165) is 45.7 Å². The van der Waals surface area contributed by atoms with Gasteiger partial charge in [-0.3, -0.25) is 19.6 Å². The molecule has 3 heterocycles. The lowest BCUT2D eigenvalue weighted by Gasteiger charge is -2.52.